The van der Waals surface area contributed by atoms with E-state index < -0.39 is 0 Å². The summed E-state index contributed by atoms with van der Waals surface area (Å²) in [6.45, 7) is 9.06. The Kier molecular flexibility index (Phi) is 4.87. The van der Waals surface area contributed by atoms with Crippen molar-refractivity contribution in [2.24, 2.45) is 5.73 Å². The molecular weight excluding hydrogens is 244 g/mol. The van der Waals surface area contributed by atoms with Gasteiger partial charge in [-0.05, 0) is 49.1 Å². The van der Waals surface area contributed by atoms with Gasteiger partial charge in [0.2, 0.25) is 0 Å². The van der Waals surface area contributed by atoms with E-state index in [9.17, 15) is 0 Å². The number of hydrogen-bond donors (Lipinski definition) is 2. The highest BCUT2D eigenvalue weighted by Gasteiger charge is 2.22. The topological polar surface area (TPSA) is 38.0 Å². The van der Waals surface area contributed by atoms with Gasteiger partial charge in [-0.15, -0.1) is 0 Å². The van der Waals surface area contributed by atoms with Crippen molar-refractivity contribution in [2.45, 2.75) is 76.9 Å². The molecule has 1 aliphatic rings. The maximum atomic E-state index is 5.97. The molecule has 0 amide bonds. The highest BCUT2D eigenvalue weighted by molar-refractivity contribution is 5.27. The van der Waals surface area contributed by atoms with E-state index in [1.807, 2.05) is 0 Å². The highest BCUT2D eigenvalue weighted by atomic mass is 15.0. The van der Waals surface area contributed by atoms with Gasteiger partial charge in [0.25, 0.3) is 0 Å². The maximum absolute atomic E-state index is 5.97. The molecule has 0 spiro atoms. The number of rotatable bonds is 4. The van der Waals surface area contributed by atoms with Gasteiger partial charge in [-0.3, -0.25) is 0 Å². The van der Waals surface area contributed by atoms with Gasteiger partial charge in [-0.2, -0.15) is 0 Å². The van der Waals surface area contributed by atoms with Gasteiger partial charge in [0.15, 0.2) is 0 Å². The standard InChI is InChI=1S/C18H30N2/c1-13(20-17-10-9-16(19)12-17)11-14-5-7-15(8-6-14)18(2,3)4/h5-8,13,16-17,20H,9-12,19H2,1-4H3. The molecule has 3 N–H and O–H groups in total. The number of nitrogens with one attached hydrogen (secondary N) is 1. The van der Waals surface area contributed by atoms with Crippen molar-refractivity contribution in [2.75, 3.05) is 0 Å². The summed E-state index contributed by atoms with van der Waals surface area (Å²) in [5.74, 6) is 0. The Hall–Kier alpha value is -0.860. The van der Waals surface area contributed by atoms with Crippen LogP contribution < -0.4 is 11.1 Å². The molecule has 1 fully saturated rings. The molecule has 20 heavy (non-hydrogen) atoms. The van der Waals surface area contributed by atoms with Gasteiger partial charge in [-0.25, -0.2) is 0 Å². The first kappa shape index (κ1) is 15.5. The molecule has 0 radical (unpaired) electrons. The fourth-order valence-electron chi connectivity index (χ4n) is 3.12. The lowest BCUT2D eigenvalue weighted by molar-refractivity contribution is 0.444. The van der Waals surface area contributed by atoms with Crippen molar-refractivity contribution < 1.29 is 0 Å². The van der Waals surface area contributed by atoms with Crippen molar-refractivity contribution >= 4 is 0 Å². The van der Waals surface area contributed by atoms with Crippen LogP contribution in [0.5, 0.6) is 0 Å². The summed E-state index contributed by atoms with van der Waals surface area (Å²) in [4.78, 5) is 0. The number of benzene rings is 1. The van der Waals surface area contributed by atoms with Crippen LogP contribution in [-0.2, 0) is 11.8 Å². The second-order valence-corrected chi connectivity index (χ2v) is 7.49. The molecule has 3 atom stereocenters. The zero-order valence-corrected chi connectivity index (χ0v) is 13.4. The predicted octanol–water partition coefficient (Wildman–Crippen LogP) is 3.38. The van der Waals surface area contributed by atoms with E-state index in [2.05, 4.69) is 57.3 Å². The largest absolute Gasteiger partial charge is 0.328 e. The third kappa shape index (κ3) is 4.32. The molecule has 0 saturated heterocycles. The first-order valence-corrected chi connectivity index (χ1v) is 7.95. The van der Waals surface area contributed by atoms with Crippen molar-refractivity contribution in [3.05, 3.63) is 35.4 Å². The van der Waals surface area contributed by atoms with Gasteiger partial charge in [0.1, 0.15) is 0 Å². The molecule has 1 aliphatic carbocycles. The first-order chi connectivity index (χ1) is 9.34. The van der Waals surface area contributed by atoms with Gasteiger partial charge in [-0.1, -0.05) is 45.0 Å². The lowest BCUT2D eigenvalue weighted by Crippen LogP contribution is -2.37. The Morgan fingerprint density at radius 2 is 1.85 bits per heavy atom. The summed E-state index contributed by atoms with van der Waals surface area (Å²) < 4.78 is 0. The fourth-order valence-corrected chi connectivity index (χ4v) is 3.12. The third-order valence-electron chi connectivity index (χ3n) is 4.36. The number of nitrogens with two attached hydrogens (primary N) is 1. The monoisotopic (exact) mass is 274 g/mol. The predicted molar refractivity (Wildman–Crippen MR) is 87.1 cm³/mol. The van der Waals surface area contributed by atoms with Gasteiger partial charge >= 0.3 is 0 Å². The summed E-state index contributed by atoms with van der Waals surface area (Å²) in [7, 11) is 0. The summed E-state index contributed by atoms with van der Waals surface area (Å²) in [6, 6.07) is 10.6. The van der Waals surface area contributed by atoms with E-state index in [-0.39, 0.29) is 5.41 Å². The van der Waals surface area contributed by atoms with Crippen molar-refractivity contribution in [1.82, 2.24) is 5.32 Å². The Balaban J connectivity index is 1.86. The molecule has 0 heterocycles. The summed E-state index contributed by atoms with van der Waals surface area (Å²) >= 11 is 0. The van der Waals surface area contributed by atoms with Gasteiger partial charge in [0.05, 0.1) is 0 Å². The Labute approximate surface area is 124 Å². The van der Waals surface area contributed by atoms with Crippen LogP contribution in [0.4, 0.5) is 0 Å². The molecule has 2 heteroatoms. The molecule has 2 nitrogen and oxygen atoms in total. The van der Waals surface area contributed by atoms with Gasteiger partial charge < -0.3 is 11.1 Å². The highest BCUT2D eigenvalue weighted by Crippen LogP contribution is 2.23. The molecule has 0 bridgehead atoms. The fraction of sp³-hybridized carbons (Fsp3) is 0.667. The smallest absolute Gasteiger partial charge is 0.00849 e. The Bertz CT molecular complexity index is 416. The van der Waals surface area contributed by atoms with Crippen LogP contribution in [0.2, 0.25) is 0 Å². The SMILES string of the molecule is CC(Cc1ccc(C(C)(C)C)cc1)NC1CCC(N)C1. The Morgan fingerprint density at radius 1 is 1.20 bits per heavy atom. The minimum absolute atomic E-state index is 0.238. The van der Waals surface area contributed by atoms with E-state index in [4.69, 9.17) is 5.73 Å². The molecule has 1 aromatic rings. The molecule has 112 valence electrons. The van der Waals surface area contributed by atoms with Crippen molar-refractivity contribution in [3.63, 3.8) is 0 Å². The molecule has 2 rings (SSSR count). The van der Waals surface area contributed by atoms with E-state index in [1.54, 1.807) is 0 Å². The van der Waals surface area contributed by atoms with E-state index >= 15 is 0 Å². The lowest BCUT2D eigenvalue weighted by Gasteiger charge is -2.21. The van der Waals surface area contributed by atoms with Crippen LogP contribution in [0, 0.1) is 0 Å². The van der Waals surface area contributed by atoms with Gasteiger partial charge in [0, 0.05) is 18.1 Å². The zero-order valence-electron chi connectivity index (χ0n) is 13.4. The normalized spacial score (nSPS) is 24.9. The maximum Gasteiger partial charge on any atom is 0.00849 e. The van der Waals surface area contributed by atoms with Crippen LogP contribution in [0.25, 0.3) is 0 Å². The molecule has 3 unspecified atom stereocenters. The molecule has 0 aliphatic heterocycles. The average molecular weight is 274 g/mol. The van der Waals surface area contributed by atoms with Crippen molar-refractivity contribution in [1.29, 1.82) is 0 Å². The van der Waals surface area contributed by atoms with E-state index in [0.717, 1.165) is 12.8 Å². The Morgan fingerprint density at radius 3 is 2.35 bits per heavy atom. The minimum Gasteiger partial charge on any atom is -0.328 e. The molecular formula is C18H30N2. The van der Waals surface area contributed by atoms with Crippen LogP contribution in [-0.4, -0.2) is 18.1 Å². The van der Waals surface area contributed by atoms with Crippen LogP contribution >= 0.6 is 0 Å². The van der Waals surface area contributed by atoms with Crippen LogP contribution in [0.3, 0.4) is 0 Å². The quantitative estimate of drug-likeness (QED) is 0.883. The summed E-state index contributed by atoms with van der Waals surface area (Å²) in [6.07, 6.45) is 4.63. The minimum atomic E-state index is 0.238. The number of hydrogen-bond acceptors (Lipinski definition) is 2. The van der Waals surface area contributed by atoms with E-state index in [0.29, 0.717) is 18.1 Å². The molecule has 1 aromatic carbocycles. The lowest BCUT2D eigenvalue weighted by atomic mass is 9.86. The first-order valence-electron chi connectivity index (χ1n) is 7.95. The summed E-state index contributed by atoms with van der Waals surface area (Å²) in [5, 5.41) is 3.72. The van der Waals surface area contributed by atoms with E-state index in [1.165, 1.54) is 24.0 Å². The second kappa shape index (κ2) is 6.28. The summed E-state index contributed by atoms with van der Waals surface area (Å²) in [5.41, 5.74) is 9.03. The van der Waals surface area contributed by atoms with Crippen molar-refractivity contribution in [3.8, 4) is 0 Å². The average Bonchev–Trinajstić information content (AvgIpc) is 2.74. The molecule has 0 aromatic heterocycles. The zero-order chi connectivity index (χ0) is 14.8. The van der Waals surface area contributed by atoms with Crippen LogP contribution in [0.15, 0.2) is 24.3 Å². The second-order valence-electron chi connectivity index (χ2n) is 7.49. The third-order valence-corrected chi connectivity index (χ3v) is 4.36. The van der Waals surface area contributed by atoms with Crippen LogP contribution in [0.1, 0.15) is 58.1 Å². The molecule has 1 saturated carbocycles.